The molecule has 0 aromatic heterocycles. The molecule has 0 unspecified atom stereocenters. The molecule has 1 heterocycles. The van der Waals surface area contributed by atoms with Crippen LogP contribution in [0.4, 0.5) is 13.6 Å². The molecule has 3 aromatic rings. The van der Waals surface area contributed by atoms with Crippen LogP contribution in [0.15, 0.2) is 48.5 Å². The van der Waals surface area contributed by atoms with Crippen LogP contribution in [0.5, 0.6) is 0 Å². The van der Waals surface area contributed by atoms with Gasteiger partial charge >= 0.3 is 6.09 Å². The molecular weight excluding hydrogens is 753 g/mol. The predicted molar refractivity (Wildman–Crippen MR) is 235 cm³/mol. The van der Waals surface area contributed by atoms with E-state index in [4.69, 9.17) is 13.6 Å². The summed E-state index contributed by atoms with van der Waals surface area (Å²) < 4.78 is 50.1. The second-order valence-electron chi connectivity index (χ2n) is 19.9. The highest BCUT2D eigenvalue weighted by Crippen LogP contribution is 2.49. The number of halogens is 2. The van der Waals surface area contributed by atoms with Gasteiger partial charge in [-0.1, -0.05) is 98.7 Å². The minimum atomic E-state index is -2.42. The van der Waals surface area contributed by atoms with Crippen LogP contribution >= 0.6 is 0 Å². The quantitative estimate of drug-likeness (QED) is 0.184. The van der Waals surface area contributed by atoms with Gasteiger partial charge in [0.2, 0.25) is 8.32 Å². The predicted octanol–water partition coefficient (Wildman–Crippen LogP) is 13.1. The Morgan fingerprint density at radius 2 is 1.42 bits per heavy atom. The first-order valence-corrected chi connectivity index (χ1v) is 25.9. The van der Waals surface area contributed by atoms with Crippen molar-refractivity contribution in [1.82, 2.24) is 4.90 Å². The number of nitrogens with zero attached hydrogens (tertiary/aromatic N) is 1. The van der Waals surface area contributed by atoms with Crippen molar-refractivity contribution < 1.29 is 32.3 Å². The number of hydrogen-bond donors (Lipinski definition) is 1. The second-order valence-corrected chi connectivity index (χ2v) is 30.2. The van der Waals surface area contributed by atoms with Crippen molar-refractivity contribution in [3.8, 4) is 11.1 Å². The molecule has 0 bridgehead atoms. The van der Waals surface area contributed by atoms with Crippen LogP contribution in [0.3, 0.4) is 0 Å². The third-order valence-electron chi connectivity index (χ3n) is 12.9. The molecule has 1 N–H and O–H groups in total. The largest absolute Gasteiger partial charge is 0.444 e. The van der Waals surface area contributed by atoms with Gasteiger partial charge < -0.3 is 23.6 Å². The average Bonchev–Trinajstić information content (AvgIpc) is 3.07. The van der Waals surface area contributed by atoms with E-state index >= 15 is 8.78 Å². The number of ether oxygens (including phenoxy) is 1. The van der Waals surface area contributed by atoms with E-state index in [0.29, 0.717) is 17.7 Å². The van der Waals surface area contributed by atoms with E-state index in [2.05, 4.69) is 113 Å². The Labute approximate surface area is 345 Å². The summed E-state index contributed by atoms with van der Waals surface area (Å²) in [5, 5.41) is 13.2. The van der Waals surface area contributed by atoms with Crippen LogP contribution in [0.1, 0.15) is 129 Å². The molecule has 4 rings (SSSR count). The highest BCUT2D eigenvalue weighted by Gasteiger charge is 2.49. The molecule has 316 valence electrons. The van der Waals surface area contributed by atoms with Gasteiger partial charge in [0.05, 0.1) is 13.2 Å². The molecule has 3 aromatic carbocycles. The van der Waals surface area contributed by atoms with Crippen molar-refractivity contribution in [2.24, 2.45) is 0 Å². The zero-order valence-corrected chi connectivity index (χ0v) is 39.7. The molecule has 0 spiro atoms. The Kier molecular flexibility index (Phi) is 14.3. The maximum absolute atomic E-state index is 15.5. The molecule has 1 aliphatic rings. The van der Waals surface area contributed by atoms with Crippen molar-refractivity contribution in [3.05, 3.63) is 93.5 Å². The number of benzene rings is 3. The standard InChI is InChI=1S/C47H71F2NO5Si2/c1-30(2)57(31(3)4,32(5)6)54-29-37-25-41(48)42(49)26-39(37)47(52)22-23-50(44(51)55-45(9,10)11)27-40(47)38-21-20-35(24-34(38)8)43-33(7)18-17-19-36(43)28-53-56(15,16)46(12,13)14/h17-21,24-26,30-32,40,52H,22-23,27-29H2,1-16H3/t40-,47+/m1/s1. The minimum absolute atomic E-state index is 0.0447. The molecule has 0 aliphatic carbocycles. The summed E-state index contributed by atoms with van der Waals surface area (Å²) in [7, 11) is -4.45. The number of aliphatic hydroxyl groups is 1. The van der Waals surface area contributed by atoms with Gasteiger partial charge in [-0.05, 0) is 132 Å². The van der Waals surface area contributed by atoms with Gasteiger partial charge in [-0.3, -0.25) is 0 Å². The van der Waals surface area contributed by atoms with Crippen LogP contribution in [0, 0.1) is 25.5 Å². The van der Waals surface area contributed by atoms with Crippen molar-refractivity contribution in [1.29, 1.82) is 0 Å². The fourth-order valence-electron chi connectivity index (χ4n) is 8.88. The lowest BCUT2D eigenvalue weighted by atomic mass is 9.70. The minimum Gasteiger partial charge on any atom is -0.444 e. The van der Waals surface area contributed by atoms with E-state index in [1.807, 2.05) is 33.8 Å². The van der Waals surface area contributed by atoms with Gasteiger partial charge in [-0.2, -0.15) is 0 Å². The molecule has 6 nitrogen and oxygen atoms in total. The van der Waals surface area contributed by atoms with Crippen LogP contribution < -0.4 is 0 Å². The van der Waals surface area contributed by atoms with Crippen molar-refractivity contribution in [2.45, 2.75) is 168 Å². The maximum atomic E-state index is 15.5. The topological polar surface area (TPSA) is 68.2 Å². The van der Waals surface area contributed by atoms with E-state index in [1.165, 1.54) is 6.07 Å². The number of rotatable bonds is 12. The Hall–Kier alpha value is -2.90. The first-order valence-electron chi connectivity index (χ1n) is 20.8. The number of likely N-dealkylation sites (tertiary alicyclic amines) is 1. The molecule has 1 saturated heterocycles. The lowest BCUT2D eigenvalue weighted by molar-refractivity contribution is -0.0540. The monoisotopic (exact) mass is 823 g/mol. The molecule has 57 heavy (non-hydrogen) atoms. The zero-order chi connectivity index (χ0) is 43.1. The molecule has 1 aliphatic heterocycles. The number of carbonyl (C=O) groups excluding carboxylic acids is 1. The molecule has 0 saturated carbocycles. The Morgan fingerprint density at radius 1 is 0.842 bits per heavy atom. The van der Waals surface area contributed by atoms with Gasteiger partial charge in [0.15, 0.2) is 20.0 Å². The van der Waals surface area contributed by atoms with E-state index in [9.17, 15) is 9.90 Å². The van der Waals surface area contributed by atoms with Crippen LogP contribution in [-0.2, 0) is 32.4 Å². The summed E-state index contributed by atoms with van der Waals surface area (Å²) in [5.74, 6) is -2.71. The molecule has 10 heteroatoms. The third kappa shape index (κ3) is 9.94. The normalized spacial score (nSPS) is 18.6. The first-order chi connectivity index (χ1) is 26.2. The van der Waals surface area contributed by atoms with Crippen molar-refractivity contribution in [2.75, 3.05) is 13.1 Å². The van der Waals surface area contributed by atoms with Crippen molar-refractivity contribution >= 4 is 22.7 Å². The highest BCUT2D eigenvalue weighted by molar-refractivity contribution is 6.77. The van der Waals surface area contributed by atoms with Gasteiger partial charge in [-0.15, -0.1) is 0 Å². The fraction of sp³-hybridized carbons (Fsp3) is 0.596. The van der Waals surface area contributed by atoms with E-state index in [1.54, 1.807) is 4.90 Å². The molecule has 1 amide bonds. The third-order valence-corrected chi connectivity index (χ3v) is 23.4. The van der Waals surface area contributed by atoms with Gasteiger partial charge in [0.1, 0.15) is 11.2 Å². The number of carbonyl (C=O) groups is 1. The Balaban J connectivity index is 1.86. The number of piperidine rings is 1. The molecule has 0 radical (unpaired) electrons. The second kappa shape index (κ2) is 17.4. The van der Waals surface area contributed by atoms with Gasteiger partial charge in [0, 0.05) is 19.0 Å². The smallest absolute Gasteiger partial charge is 0.410 e. The summed E-state index contributed by atoms with van der Waals surface area (Å²) in [5.41, 5.74) is 5.22. The number of amides is 1. The number of aryl methyl sites for hydroxylation is 2. The number of hydrogen-bond acceptors (Lipinski definition) is 5. The van der Waals surface area contributed by atoms with Crippen molar-refractivity contribution in [3.63, 3.8) is 0 Å². The van der Waals surface area contributed by atoms with E-state index in [-0.39, 0.29) is 47.8 Å². The average molecular weight is 824 g/mol. The lowest BCUT2D eigenvalue weighted by Crippen LogP contribution is -2.52. The summed E-state index contributed by atoms with van der Waals surface area (Å²) in [6, 6.07) is 14.9. The van der Waals surface area contributed by atoms with Crippen LogP contribution in [-0.4, -0.2) is 51.4 Å². The first kappa shape index (κ1) is 46.8. The SMILES string of the molecule is Cc1cc(-c2c(C)cccc2CO[Si](C)(C)C(C)(C)C)ccc1[C@H]1CN(C(=O)OC(C)(C)C)CC[C@]1(O)c1cc(F)c(F)cc1CO[Si](C(C)C)(C(C)C)C(C)C. The Bertz CT molecular complexity index is 1880. The maximum Gasteiger partial charge on any atom is 0.410 e. The molecule has 1 fully saturated rings. The van der Waals surface area contributed by atoms with Crippen LogP contribution in [0.2, 0.25) is 34.8 Å². The van der Waals surface area contributed by atoms with E-state index < -0.39 is 51.5 Å². The zero-order valence-electron chi connectivity index (χ0n) is 37.7. The Morgan fingerprint density at radius 3 is 1.96 bits per heavy atom. The summed E-state index contributed by atoms with van der Waals surface area (Å²) in [6.45, 7) is 34.7. The molecule has 2 atom stereocenters. The highest BCUT2D eigenvalue weighted by atomic mass is 28.4. The molecular formula is C47H71F2NO5Si2. The fourth-order valence-corrected chi connectivity index (χ4v) is 15.2. The van der Waals surface area contributed by atoms with Gasteiger partial charge in [-0.25, -0.2) is 13.6 Å². The lowest BCUT2D eigenvalue weighted by Gasteiger charge is -2.47. The summed E-state index contributed by atoms with van der Waals surface area (Å²) in [6.07, 6.45) is -0.394. The summed E-state index contributed by atoms with van der Waals surface area (Å²) >= 11 is 0. The summed E-state index contributed by atoms with van der Waals surface area (Å²) in [4.78, 5) is 15.2. The van der Waals surface area contributed by atoms with Crippen LogP contribution in [0.25, 0.3) is 11.1 Å². The van der Waals surface area contributed by atoms with Gasteiger partial charge in [0.25, 0.3) is 0 Å². The van der Waals surface area contributed by atoms with E-state index in [0.717, 1.165) is 39.4 Å².